The molecule has 2 amide bonds. The average Bonchev–Trinajstić information content (AvgIpc) is 2.66. The van der Waals surface area contributed by atoms with Crippen molar-refractivity contribution in [1.82, 2.24) is 10.2 Å². The normalized spacial score (nSPS) is 30.1. The maximum absolute atomic E-state index is 12.9. The van der Waals surface area contributed by atoms with Gasteiger partial charge in [0.2, 0.25) is 11.8 Å². The van der Waals surface area contributed by atoms with E-state index in [1.807, 2.05) is 31.2 Å². The van der Waals surface area contributed by atoms with Gasteiger partial charge in [-0.2, -0.15) is 0 Å². The SMILES string of the molecule is Cc1ccc(OCCN(C)C(=O)CNC(=O)C23CC4CC(CC(C4)C2)C3)cc1. The van der Waals surface area contributed by atoms with Gasteiger partial charge in [-0.3, -0.25) is 9.59 Å². The van der Waals surface area contributed by atoms with Crippen LogP contribution in [-0.2, 0) is 9.59 Å². The van der Waals surface area contributed by atoms with E-state index in [1.54, 1.807) is 11.9 Å². The molecule has 4 bridgehead atoms. The number of aryl methyl sites for hydroxylation is 1. The Hall–Kier alpha value is -2.04. The highest BCUT2D eigenvalue weighted by molar-refractivity contribution is 5.88. The van der Waals surface area contributed by atoms with E-state index in [9.17, 15) is 9.59 Å². The third-order valence-electron chi connectivity index (χ3n) is 7.06. The Balaban J connectivity index is 1.21. The summed E-state index contributed by atoms with van der Waals surface area (Å²) < 4.78 is 5.69. The van der Waals surface area contributed by atoms with Gasteiger partial charge < -0.3 is 15.0 Å². The number of amides is 2. The van der Waals surface area contributed by atoms with E-state index >= 15 is 0 Å². The highest BCUT2D eigenvalue weighted by Crippen LogP contribution is 2.60. The molecule has 1 aromatic carbocycles. The van der Waals surface area contributed by atoms with Gasteiger partial charge in [0.1, 0.15) is 12.4 Å². The smallest absolute Gasteiger partial charge is 0.241 e. The molecule has 0 radical (unpaired) electrons. The molecule has 5 nitrogen and oxygen atoms in total. The lowest BCUT2D eigenvalue weighted by Gasteiger charge is -2.55. The molecule has 4 aliphatic carbocycles. The van der Waals surface area contributed by atoms with Crippen molar-refractivity contribution in [3.63, 3.8) is 0 Å². The number of ether oxygens (including phenoxy) is 1. The Labute approximate surface area is 167 Å². The van der Waals surface area contributed by atoms with Crippen molar-refractivity contribution in [2.24, 2.45) is 23.2 Å². The molecular weight excluding hydrogens is 352 g/mol. The molecule has 28 heavy (non-hydrogen) atoms. The highest BCUT2D eigenvalue weighted by atomic mass is 16.5. The maximum atomic E-state index is 12.9. The predicted molar refractivity (Wildman–Crippen MR) is 108 cm³/mol. The first kappa shape index (κ1) is 19.3. The lowest BCUT2D eigenvalue weighted by Crippen LogP contribution is -2.54. The molecule has 5 heteroatoms. The zero-order chi connectivity index (χ0) is 19.7. The van der Waals surface area contributed by atoms with Crippen LogP contribution in [0, 0.1) is 30.1 Å². The van der Waals surface area contributed by atoms with Crippen molar-refractivity contribution < 1.29 is 14.3 Å². The Morgan fingerprint density at radius 3 is 2.21 bits per heavy atom. The number of likely N-dealkylation sites (N-methyl/N-ethyl adjacent to an activating group) is 1. The van der Waals surface area contributed by atoms with E-state index < -0.39 is 0 Å². The standard InChI is InChI=1S/C23H32N2O3/c1-16-3-5-20(6-4-16)28-8-7-25(2)21(26)15-24-22(27)23-12-17-9-18(13-23)11-19(10-17)14-23/h3-6,17-19H,7-15H2,1-2H3,(H,24,27). The minimum atomic E-state index is -0.192. The molecule has 4 saturated carbocycles. The molecule has 0 spiro atoms. The number of carbonyl (C=O) groups is 2. The van der Waals surface area contributed by atoms with Gasteiger partial charge in [-0.1, -0.05) is 17.7 Å². The van der Waals surface area contributed by atoms with Gasteiger partial charge in [-0.05, 0) is 75.3 Å². The van der Waals surface area contributed by atoms with Crippen LogP contribution in [0.5, 0.6) is 5.75 Å². The van der Waals surface area contributed by atoms with Crippen LogP contribution in [-0.4, -0.2) is 43.5 Å². The number of rotatable bonds is 7. The fraction of sp³-hybridized carbons (Fsp3) is 0.652. The second kappa shape index (κ2) is 7.76. The van der Waals surface area contributed by atoms with Crippen molar-refractivity contribution in [1.29, 1.82) is 0 Å². The lowest BCUT2D eigenvalue weighted by molar-refractivity contribution is -0.147. The molecule has 0 unspecified atom stereocenters. The van der Waals surface area contributed by atoms with Crippen LogP contribution in [0.2, 0.25) is 0 Å². The van der Waals surface area contributed by atoms with E-state index in [0.29, 0.717) is 13.2 Å². The molecule has 0 saturated heterocycles. The Morgan fingerprint density at radius 2 is 1.64 bits per heavy atom. The van der Waals surface area contributed by atoms with Crippen LogP contribution < -0.4 is 10.1 Å². The Kier molecular flexibility index (Phi) is 5.35. The number of hydrogen-bond donors (Lipinski definition) is 1. The van der Waals surface area contributed by atoms with Crippen molar-refractivity contribution in [2.75, 3.05) is 26.7 Å². The molecule has 152 valence electrons. The fourth-order valence-electron chi connectivity index (χ4n) is 5.93. The molecule has 5 rings (SSSR count). The third kappa shape index (κ3) is 4.03. The maximum Gasteiger partial charge on any atom is 0.241 e. The second-order valence-electron chi connectivity index (χ2n) is 9.36. The Bertz CT molecular complexity index is 693. The molecule has 1 aromatic rings. The number of carbonyl (C=O) groups excluding carboxylic acids is 2. The van der Waals surface area contributed by atoms with Gasteiger partial charge in [0.15, 0.2) is 0 Å². The summed E-state index contributed by atoms with van der Waals surface area (Å²) in [6.45, 7) is 3.06. The Morgan fingerprint density at radius 1 is 1.07 bits per heavy atom. The number of nitrogens with zero attached hydrogens (tertiary/aromatic N) is 1. The minimum absolute atomic E-state index is 0.0643. The molecule has 4 fully saturated rings. The summed E-state index contributed by atoms with van der Waals surface area (Å²) >= 11 is 0. The molecule has 1 N–H and O–H groups in total. The van der Waals surface area contributed by atoms with Crippen molar-refractivity contribution in [2.45, 2.75) is 45.4 Å². The molecule has 0 heterocycles. The van der Waals surface area contributed by atoms with Crippen LogP contribution in [0.4, 0.5) is 0 Å². The van der Waals surface area contributed by atoms with E-state index in [-0.39, 0.29) is 23.8 Å². The molecule has 0 aromatic heterocycles. The van der Waals surface area contributed by atoms with E-state index in [2.05, 4.69) is 5.32 Å². The molecule has 0 atom stereocenters. The zero-order valence-corrected chi connectivity index (χ0v) is 17.1. The first-order valence-corrected chi connectivity index (χ1v) is 10.7. The lowest BCUT2D eigenvalue weighted by atomic mass is 9.49. The van der Waals surface area contributed by atoms with Gasteiger partial charge in [0.05, 0.1) is 13.1 Å². The minimum Gasteiger partial charge on any atom is -0.492 e. The molecular formula is C23H32N2O3. The fourth-order valence-corrected chi connectivity index (χ4v) is 5.93. The van der Waals surface area contributed by atoms with Crippen LogP contribution >= 0.6 is 0 Å². The van der Waals surface area contributed by atoms with Gasteiger partial charge in [0.25, 0.3) is 0 Å². The first-order chi connectivity index (χ1) is 13.4. The van der Waals surface area contributed by atoms with E-state index in [0.717, 1.165) is 42.8 Å². The van der Waals surface area contributed by atoms with Crippen molar-refractivity contribution in [3.05, 3.63) is 29.8 Å². The summed E-state index contributed by atoms with van der Waals surface area (Å²) in [4.78, 5) is 27.0. The number of hydrogen-bond acceptors (Lipinski definition) is 3. The topological polar surface area (TPSA) is 58.6 Å². The van der Waals surface area contributed by atoms with Crippen LogP contribution in [0.3, 0.4) is 0 Å². The van der Waals surface area contributed by atoms with E-state index in [1.165, 1.54) is 24.8 Å². The van der Waals surface area contributed by atoms with Gasteiger partial charge in [-0.15, -0.1) is 0 Å². The van der Waals surface area contributed by atoms with Crippen molar-refractivity contribution in [3.8, 4) is 5.75 Å². The van der Waals surface area contributed by atoms with Crippen LogP contribution in [0.1, 0.15) is 44.1 Å². The third-order valence-corrected chi connectivity index (χ3v) is 7.06. The summed E-state index contributed by atoms with van der Waals surface area (Å²) in [5, 5.41) is 2.96. The summed E-state index contributed by atoms with van der Waals surface area (Å²) in [5.74, 6) is 3.05. The molecule has 0 aliphatic heterocycles. The monoisotopic (exact) mass is 384 g/mol. The average molecular weight is 385 g/mol. The summed E-state index contributed by atoms with van der Waals surface area (Å²) in [7, 11) is 1.76. The summed E-state index contributed by atoms with van der Waals surface area (Å²) in [6.07, 6.45) is 7.03. The van der Waals surface area contributed by atoms with Crippen LogP contribution in [0.15, 0.2) is 24.3 Å². The van der Waals surface area contributed by atoms with Gasteiger partial charge in [-0.25, -0.2) is 0 Å². The highest BCUT2D eigenvalue weighted by Gasteiger charge is 2.54. The van der Waals surface area contributed by atoms with Crippen LogP contribution in [0.25, 0.3) is 0 Å². The second-order valence-corrected chi connectivity index (χ2v) is 9.36. The van der Waals surface area contributed by atoms with Gasteiger partial charge >= 0.3 is 0 Å². The van der Waals surface area contributed by atoms with E-state index in [4.69, 9.17) is 4.74 Å². The summed E-state index contributed by atoms with van der Waals surface area (Å²) in [6, 6.07) is 7.88. The quantitative estimate of drug-likeness (QED) is 0.786. The zero-order valence-electron chi connectivity index (χ0n) is 17.1. The van der Waals surface area contributed by atoms with Crippen molar-refractivity contribution >= 4 is 11.8 Å². The van der Waals surface area contributed by atoms with Gasteiger partial charge in [0, 0.05) is 12.5 Å². The number of benzene rings is 1. The largest absolute Gasteiger partial charge is 0.492 e. The first-order valence-electron chi connectivity index (χ1n) is 10.7. The molecule has 4 aliphatic rings. The number of nitrogens with one attached hydrogen (secondary N) is 1. The predicted octanol–water partition coefficient (Wildman–Crippen LogP) is 3.16. The summed E-state index contributed by atoms with van der Waals surface area (Å²) in [5.41, 5.74) is 0.997.